The molecule has 2 fully saturated rings. The van der Waals surface area contributed by atoms with Gasteiger partial charge in [-0.25, -0.2) is 9.18 Å². The summed E-state index contributed by atoms with van der Waals surface area (Å²) in [7, 11) is 1.66. The van der Waals surface area contributed by atoms with E-state index in [0.29, 0.717) is 31.0 Å². The van der Waals surface area contributed by atoms with Gasteiger partial charge in [0.1, 0.15) is 11.6 Å². The Kier molecular flexibility index (Phi) is 7.38. The first-order valence-electron chi connectivity index (χ1n) is 11.5. The van der Waals surface area contributed by atoms with Crippen molar-refractivity contribution < 1.29 is 18.7 Å². The SMILES string of the molecule is CN(C(=O)Oc1ccc(F)cc1)C1CN(C(=O)C2CCC(C#N)CC2)CC1c1ccc(Cl)cc1. The molecule has 1 aliphatic carbocycles. The zero-order valence-corrected chi connectivity index (χ0v) is 19.7. The lowest BCUT2D eigenvalue weighted by molar-refractivity contribution is -0.135. The van der Waals surface area contributed by atoms with E-state index in [2.05, 4.69) is 6.07 Å². The van der Waals surface area contributed by atoms with Crippen molar-refractivity contribution in [1.29, 1.82) is 5.26 Å². The van der Waals surface area contributed by atoms with Crippen molar-refractivity contribution in [3.05, 3.63) is 64.9 Å². The summed E-state index contributed by atoms with van der Waals surface area (Å²) in [6.45, 7) is 0.872. The molecule has 2 aromatic carbocycles. The van der Waals surface area contributed by atoms with Crippen LogP contribution in [0, 0.1) is 29.0 Å². The molecule has 0 aromatic heterocycles. The topological polar surface area (TPSA) is 73.6 Å². The van der Waals surface area contributed by atoms with Crippen LogP contribution in [0.1, 0.15) is 37.2 Å². The Bertz CT molecular complexity index is 1060. The molecule has 6 nitrogen and oxygen atoms in total. The van der Waals surface area contributed by atoms with Gasteiger partial charge in [0.15, 0.2) is 0 Å². The molecule has 0 spiro atoms. The third-order valence-electron chi connectivity index (χ3n) is 6.96. The zero-order valence-electron chi connectivity index (χ0n) is 19.0. The number of ether oxygens (including phenoxy) is 1. The molecule has 0 bridgehead atoms. The van der Waals surface area contributed by atoms with E-state index < -0.39 is 11.9 Å². The Balaban J connectivity index is 1.51. The van der Waals surface area contributed by atoms with Gasteiger partial charge < -0.3 is 14.5 Å². The van der Waals surface area contributed by atoms with Gasteiger partial charge >= 0.3 is 6.09 Å². The Morgan fingerprint density at radius 2 is 1.71 bits per heavy atom. The van der Waals surface area contributed by atoms with Crippen LogP contribution in [0.3, 0.4) is 0 Å². The van der Waals surface area contributed by atoms with Crippen molar-refractivity contribution in [2.24, 2.45) is 11.8 Å². The molecule has 34 heavy (non-hydrogen) atoms. The van der Waals surface area contributed by atoms with Gasteiger partial charge in [-0.3, -0.25) is 4.79 Å². The molecule has 1 saturated carbocycles. The number of nitriles is 1. The lowest BCUT2D eigenvalue weighted by Crippen LogP contribution is -2.44. The number of carbonyl (C=O) groups excluding carboxylic acids is 2. The third kappa shape index (κ3) is 5.34. The predicted molar refractivity (Wildman–Crippen MR) is 126 cm³/mol. The highest BCUT2D eigenvalue weighted by atomic mass is 35.5. The van der Waals surface area contributed by atoms with Crippen LogP contribution >= 0.6 is 11.6 Å². The van der Waals surface area contributed by atoms with Crippen molar-refractivity contribution in [2.75, 3.05) is 20.1 Å². The fourth-order valence-corrected chi connectivity index (χ4v) is 5.06. The Morgan fingerprint density at radius 1 is 1.06 bits per heavy atom. The number of amides is 2. The highest BCUT2D eigenvalue weighted by molar-refractivity contribution is 6.30. The van der Waals surface area contributed by atoms with Gasteiger partial charge in [-0.1, -0.05) is 23.7 Å². The molecule has 1 saturated heterocycles. The minimum absolute atomic E-state index is 0.0320. The average Bonchev–Trinajstić information content (AvgIpc) is 3.30. The summed E-state index contributed by atoms with van der Waals surface area (Å²) in [5.41, 5.74) is 0.985. The molecule has 1 heterocycles. The second-order valence-corrected chi connectivity index (χ2v) is 9.52. The third-order valence-corrected chi connectivity index (χ3v) is 7.21. The molecule has 2 atom stereocenters. The Hall–Kier alpha value is -3.11. The molecule has 0 radical (unpaired) electrons. The van der Waals surface area contributed by atoms with Crippen molar-refractivity contribution >= 4 is 23.6 Å². The van der Waals surface area contributed by atoms with Crippen LogP contribution in [0.15, 0.2) is 48.5 Å². The lowest BCUT2D eigenvalue weighted by atomic mass is 9.82. The highest BCUT2D eigenvalue weighted by Gasteiger charge is 2.42. The van der Waals surface area contributed by atoms with E-state index in [1.807, 2.05) is 17.0 Å². The molecule has 8 heteroatoms. The van der Waals surface area contributed by atoms with E-state index in [1.165, 1.54) is 29.2 Å². The molecule has 2 amide bonds. The van der Waals surface area contributed by atoms with Gasteiger partial charge in [0.25, 0.3) is 0 Å². The minimum atomic E-state index is -0.570. The normalized spacial score (nSPS) is 24.4. The standard InChI is InChI=1S/C26H27ClFN3O3/c1-30(26(33)34-22-12-10-21(28)11-13-22)24-16-31(15-23(24)18-6-8-20(27)9-7-18)25(32)19-4-2-17(14-29)3-5-19/h6-13,17,19,23-24H,2-5,15-16H2,1H3. The van der Waals surface area contributed by atoms with Gasteiger partial charge in [0.2, 0.25) is 5.91 Å². The summed E-state index contributed by atoms with van der Waals surface area (Å²) in [5, 5.41) is 9.77. The Morgan fingerprint density at radius 3 is 2.32 bits per heavy atom. The number of hydrogen-bond donors (Lipinski definition) is 0. The van der Waals surface area contributed by atoms with Crippen LogP contribution in [0.2, 0.25) is 5.02 Å². The number of hydrogen-bond acceptors (Lipinski definition) is 4. The van der Waals surface area contributed by atoms with E-state index in [0.717, 1.165) is 18.4 Å². The zero-order chi connectivity index (χ0) is 24.2. The summed E-state index contributed by atoms with van der Waals surface area (Å²) in [6.07, 6.45) is 2.35. The summed E-state index contributed by atoms with van der Waals surface area (Å²) >= 11 is 6.07. The maximum absolute atomic E-state index is 13.3. The average molecular weight is 484 g/mol. The van der Waals surface area contributed by atoms with Crippen molar-refractivity contribution in [2.45, 2.75) is 37.6 Å². The molecule has 2 aromatic rings. The van der Waals surface area contributed by atoms with Crippen LogP contribution in [-0.2, 0) is 4.79 Å². The summed E-state index contributed by atoms with van der Waals surface area (Å²) in [4.78, 5) is 29.6. The van der Waals surface area contributed by atoms with E-state index in [9.17, 15) is 14.0 Å². The number of nitrogens with zero attached hydrogens (tertiary/aromatic N) is 3. The van der Waals surface area contributed by atoms with Crippen LogP contribution in [0.4, 0.5) is 9.18 Å². The van der Waals surface area contributed by atoms with Gasteiger partial charge in [-0.05, 0) is 67.6 Å². The smallest absolute Gasteiger partial charge is 0.410 e. The first kappa shape index (κ1) is 24.0. The first-order valence-corrected chi connectivity index (χ1v) is 11.9. The molecule has 178 valence electrons. The van der Waals surface area contributed by atoms with E-state index in [-0.39, 0.29) is 35.5 Å². The highest BCUT2D eigenvalue weighted by Crippen LogP contribution is 2.35. The summed E-state index contributed by atoms with van der Waals surface area (Å²) in [5.74, 6) is -0.248. The van der Waals surface area contributed by atoms with Gasteiger partial charge in [0, 0.05) is 42.9 Å². The molecule has 4 rings (SSSR count). The number of rotatable bonds is 4. The fourth-order valence-electron chi connectivity index (χ4n) is 4.94. The molecule has 1 aliphatic heterocycles. The second kappa shape index (κ2) is 10.4. The summed E-state index contributed by atoms with van der Waals surface area (Å²) < 4.78 is 18.6. The fraction of sp³-hybridized carbons (Fsp3) is 0.423. The number of benzene rings is 2. The Labute approximate surface area is 203 Å². The second-order valence-electron chi connectivity index (χ2n) is 9.08. The van der Waals surface area contributed by atoms with Gasteiger partial charge in [-0.15, -0.1) is 0 Å². The molecule has 0 N–H and O–H groups in total. The minimum Gasteiger partial charge on any atom is -0.410 e. The number of likely N-dealkylation sites (N-methyl/N-ethyl adjacent to an activating group) is 1. The number of carbonyl (C=O) groups is 2. The summed E-state index contributed by atoms with van der Waals surface area (Å²) in [6, 6.07) is 14.7. The molecular formula is C26H27ClFN3O3. The quantitative estimate of drug-likeness (QED) is 0.596. The molecular weight excluding hydrogens is 457 g/mol. The van der Waals surface area contributed by atoms with Crippen LogP contribution in [0.5, 0.6) is 5.75 Å². The van der Waals surface area contributed by atoms with E-state index >= 15 is 0 Å². The lowest BCUT2D eigenvalue weighted by Gasteiger charge is -2.29. The predicted octanol–water partition coefficient (Wildman–Crippen LogP) is 5.23. The molecule has 2 unspecified atom stereocenters. The monoisotopic (exact) mass is 483 g/mol. The number of halogens is 2. The van der Waals surface area contributed by atoms with Crippen molar-refractivity contribution in [3.63, 3.8) is 0 Å². The largest absolute Gasteiger partial charge is 0.415 e. The van der Waals surface area contributed by atoms with Crippen molar-refractivity contribution in [3.8, 4) is 11.8 Å². The van der Waals surface area contributed by atoms with Gasteiger partial charge in [-0.2, -0.15) is 5.26 Å². The van der Waals surface area contributed by atoms with Crippen LogP contribution in [-0.4, -0.2) is 48.0 Å². The van der Waals surface area contributed by atoms with E-state index in [1.54, 1.807) is 19.2 Å². The maximum Gasteiger partial charge on any atom is 0.415 e. The van der Waals surface area contributed by atoms with Crippen LogP contribution in [0.25, 0.3) is 0 Å². The molecule has 2 aliphatic rings. The maximum atomic E-state index is 13.3. The van der Waals surface area contributed by atoms with Crippen molar-refractivity contribution in [1.82, 2.24) is 9.80 Å². The number of likely N-dealkylation sites (tertiary alicyclic amines) is 1. The van der Waals surface area contributed by atoms with E-state index in [4.69, 9.17) is 21.6 Å². The van der Waals surface area contributed by atoms with Crippen LogP contribution < -0.4 is 4.74 Å². The van der Waals surface area contributed by atoms with Gasteiger partial charge in [0.05, 0.1) is 12.1 Å². The first-order chi connectivity index (χ1) is 16.4.